The molecule has 0 radical (unpaired) electrons. The number of halogens is 1. The fraction of sp³-hybridized carbons (Fsp3) is 0.240. The Hall–Kier alpha value is -2.92. The van der Waals surface area contributed by atoms with Crippen LogP contribution in [-0.2, 0) is 19.4 Å². The third kappa shape index (κ3) is 4.72. The average molecular weight is 526 g/mol. The van der Waals surface area contributed by atoms with Gasteiger partial charge in [0.25, 0.3) is 0 Å². The number of benzene rings is 2. The number of methoxy groups -OCH3 is 2. The van der Waals surface area contributed by atoms with Gasteiger partial charge in [-0.15, -0.1) is 0 Å². The van der Waals surface area contributed by atoms with Crippen LogP contribution in [0.4, 0.5) is 0 Å². The molecule has 0 saturated heterocycles. The standard InChI is InChI=1S/C25H23N2O3.HI/c1-29-23-12-19-11-20(25(28)22(19)13-24(23)30-2)10-18-8-9-27(16-21(18)14-26)15-17-6-4-3-5-7-17;/h3-9,12-13,16,20H,10-11,15H2,1-2H3;1H/q+1;/p-1. The lowest BCUT2D eigenvalue weighted by Gasteiger charge is -2.09. The molecule has 1 aliphatic carbocycles. The summed E-state index contributed by atoms with van der Waals surface area (Å²) in [5, 5.41) is 9.68. The van der Waals surface area contributed by atoms with Crippen molar-refractivity contribution >= 4 is 5.78 Å². The van der Waals surface area contributed by atoms with E-state index in [0.717, 1.165) is 11.1 Å². The zero-order valence-electron chi connectivity index (χ0n) is 17.5. The van der Waals surface area contributed by atoms with E-state index in [2.05, 4.69) is 18.2 Å². The highest BCUT2D eigenvalue weighted by Gasteiger charge is 2.33. The number of aromatic nitrogens is 1. The van der Waals surface area contributed by atoms with Gasteiger partial charge in [0.2, 0.25) is 0 Å². The second-order valence-corrected chi connectivity index (χ2v) is 7.49. The number of carbonyl (C=O) groups excluding carboxylic acids is 1. The van der Waals surface area contributed by atoms with Crippen molar-refractivity contribution in [3.8, 4) is 17.6 Å². The molecule has 1 aromatic heterocycles. The summed E-state index contributed by atoms with van der Waals surface area (Å²) in [6, 6.07) is 18.0. The molecule has 1 heterocycles. The topological polar surface area (TPSA) is 63.2 Å². The number of ether oxygens (including phenoxy) is 2. The summed E-state index contributed by atoms with van der Waals surface area (Å²) in [7, 11) is 3.15. The van der Waals surface area contributed by atoms with Crippen LogP contribution >= 0.6 is 0 Å². The van der Waals surface area contributed by atoms with Crippen LogP contribution in [0, 0.1) is 17.2 Å². The zero-order valence-corrected chi connectivity index (χ0v) is 19.6. The first kappa shape index (κ1) is 22.8. The summed E-state index contributed by atoms with van der Waals surface area (Å²) in [5.41, 5.74) is 4.32. The molecule has 0 amide bonds. The number of nitriles is 1. The van der Waals surface area contributed by atoms with Crippen LogP contribution in [0.5, 0.6) is 11.5 Å². The Bertz CT molecular complexity index is 1140. The highest BCUT2D eigenvalue weighted by atomic mass is 127. The molecule has 0 aliphatic heterocycles. The Kier molecular flexibility index (Phi) is 7.29. The summed E-state index contributed by atoms with van der Waals surface area (Å²) < 4.78 is 12.7. The lowest BCUT2D eigenvalue weighted by molar-refractivity contribution is -0.688. The first-order chi connectivity index (χ1) is 14.6. The molecule has 158 valence electrons. The lowest BCUT2D eigenvalue weighted by atomic mass is 9.94. The third-order valence-corrected chi connectivity index (χ3v) is 5.61. The minimum absolute atomic E-state index is 0. The molecule has 0 N–H and O–H groups in total. The number of ketones is 1. The van der Waals surface area contributed by atoms with Crippen molar-refractivity contribution < 1.29 is 42.8 Å². The van der Waals surface area contributed by atoms with Gasteiger partial charge in [-0.2, -0.15) is 9.83 Å². The van der Waals surface area contributed by atoms with Crippen LogP contribution < -0.4 is 38.0 Å². The first-order valence-electron chi connectivity index (χ1n) is 9.88. The van der Waals surface area contributed by atoms with Gasteiger partial charge in [0.05, 0.1) is 14.2 Å². The second kappa shape index (κ2) is 9.92. The Morgan fingerprint density at radius 2 is 1.81 bits per heavy atom. The van der Waals surface area contributed by atoms with Gasteiger partial charge >= 0.3 is 0 Å². The van der Waals surface area contributed by atoms with Crippen molar-refractivity contribution in [2.45, 2.75) is 19.4 Å². The fourth-order valence-electron chi connectivity index (χ4n) is 4.07. The number of hydrogen-bond acceptors (Lipinski definition) is 4. The molecule has 0 saturated carbocycles. The van der Waals surface area contributed by atoms with E-state index in [1.54, 1.807) is 20.3 Å². The van der Waals surface area contributed by atoms with Crippen molar-refractivity contribution in [3.63, 3.8) is 0 Å². The smallest absolute Gasteiger partial charge is 0.187 e. The van der Waals surface area contributed by atoms with Gasteiger partial charge in [0.15, 0.2) is 36.2 Å². The SMILES string of the molecule is COc1cc2c(cc1OC)C(=O)C(Cc1cc[n+](Cc3ccccc3)cc1C#N)C2.[I-]. The maximum Gasteiger partial charge on any atom is 0.187 e. The Morgan fingerprint density at radius 3 is 2.48 bits per heavy atom. The minimum Gasteiger partial charge on any atom is -1.00 e. The molecular weight excluding hydrogens is 503 g/mol. The molecule has 0 fully saturated rings. The van der Waals surface area contributed by atoms with Crippen molar-refractivity contribution in [3.05, 3.63) is 88.7 Å². The molecule has 4 rings (SSSR count). The lowest BCUT2D eigenvalue weighted by Crippen LogP contribution is -3.00. The first-order valence-corrected chi connectivity index (χ1v) is 9.88. The van der Waals surface area contributed by atoms with Crippen LogP contribution in [0.2, 0.25) is 0 Å². The maximum absolute atomic E-state index is 13.0. The van der Waals surface area contributed by atoms with Crippen LogP contribution in [0.3, 0.4) is 0 Å². The Labute approximate surface area is 199 Å². The number of hydrogen-bond donors (Lipinski definition) is 0. The number of Topliss-reactive ketones (excluding diaryl/α,β-unsaturated/α-hetero) is 1. The quantitative estimate of drug-likeness (QED) is 0.347. The summed E-state index contributed by atoms with van der Waals surface area (Å²) in [4.78, 5) is 13.0. The van der Waals surface area contributed by atoms with E-state index >= 15 is 0 Å². The van der Waals surface area contributed by atoms with Crippen LogP contribution in [0.25, 0.3) is 0 Å². The van der Waals surface area contributed by atoms with E-state index in [-0.39, 0.29) is 35.7 Å². The van der Waals surface area contributed by atoms with Crippen LogP contribution in [-0.4, -0.2) is 20.0 Å². The molecule has 5 nitrogen and oxygen atoms in total. The molecule has 1 unspecified atom stereocenters. The third-order valence-electron chi connectivity index (χ3n) is 5.61. The van der Waals surface area contributed by atoms with Gasteiger partial charge in [0.1, 0.15) is 11.6 Å². The average Bonchev–Trinajstić information content (AvgIpc) is 3.08. The summed E-state index contributed by atoms with van der Waals surface area (Å²) in [6.45, 7) is 0.698. The second-order valence-electron chi connectivity index (χ2n) is 7.49. The maximum atomic E-state index is 13.0. The Morgan fingerprint density at radius 1 is 1.10 bits per heavy atom. The number of nitrogens with zero attached hydrogens (tertiary/aromatic N) is 2. The predicted molar refractivity (Wildman–Crippen MR) is 112 cm³/mol. The van der Waals surface area contributed by atoms with E-state index in [4.69, 9.17) is 9.47 Å². The largest absolute Gasteiger partial charge is 1.00 e. The monoisotopic (exact) mass is 526 g/mol. The highest BCUT2D eigenvalue weighted by molar-refractivity contribution is 6.03. The highest BCUT2D eigenvalue weighted by Crippen LogP contribution is 2.37. The zero-order chi connectivity index (χ0) is 21.1. The minimum atomic E-state index is -0.186. The van der Waals surface area contributed by atoms with Gasteiger partial charge in [-0.3, -0.25) is 4.79 Å². The molecule has 31 heavy (non-hydrogen) atoms. The molecular formula is C25H23IN2O3. The van der Waals surface area contributed by atoms with Gasteiger partial charge in [0, 0.05) is 23.1 Å². The molecule has 0 bridgehead atoms. The van der Waals surface area contributed by atoms with E-state index in [1.807, 2.05) is 47.3 Å². The summed E-state index contributed by atoms with van der Waals surface area (Å²) in [6.07, 6.45) is 5.01. The van der Waals surface area contributed by atoms with Gasteiger partial charge < -0.3 is 33.5 Å². The molecule has 2 aromatic carbocycles. The summed E-state index contributed by atoms with van der Waals surface area (Å²) >= 11 is 0. The molecule has 6 heteroatoms. The summed E-state index contributed by atoms with van der Waals surface area (Å²) in [5.74, 6) is 1.10. The van der Waals surface area contributed by atoms with E-state index in [1.165, 1.54) is 5.56 Å². The number of pyridine rings is 1. The normalized spacial score (nSPS) is 14.4. The van der Waals surface area contributed by atoms with E-state index < -0.39 is 0 Å². The number of rotatable bonds is 6. The van der Waals surface area contributed by atoms with Crippen molar-refractivity contribution in [1.29, 1.82) is 5.26 Å². The van der Waals surface area contributed by atoms with Gasteiger partial charge in [-0.25, -0.2) is 0 Å². The van der Waals surface area contributed by atoms with Crippen molar-refractivity contribution in [2.24, 2.45) is 5.92 Å². The van der Waals surface area contributed by atoms with E-state index in [0.29, 0.717) is 42.0 Å². The Balaban J connectivity index is 0.00000272. The number of carbonyl (C=O) groups is 1. The predicted octanol–water partition coefficient (Wildman–Crippen LogP) is 0.513. The van der Waals surface area contributed by atoms with Crippen molar-refractivity contribution in [2.75, 3.05) is 14.2 Å². The number of fused-ring (bicyclic) bond motifs is 1. The van der Waals surface area contributed by atoms with E-state index in [9.17, 15) is 10.1 Å². The molecule has 1 atom stereocenters. The fourth-order valence-corrected chi connectivity index (χ4v) is 4.07. The van der Waals surface area contributed by atoms with Crippen molar-refractivity contribution in [1.82, 2.24) is 0 Å². The van der Waals surface area contributed by atoms with Crippen LogP contribution in [0.15, 0.2) is 60.9 Å². The molecule has 0 spiro atoms. The molecule has 1 aliphatic rings. The van der Waals surface area contributed by atoms with Gasteiger partial charge in [-0.1, -0.05) is 30.3 Å². The van der Waals surface area contributed by atoms with Crippen LogP contribution in [0.1, 0.15) is 32.6 Å². The molecule has 3 aromatic rings. The van der Waals surface area contributed by atoms with Gasteiger partial charge in [-0.05, 0) is 36.1 Å².